The summed E-state index contributed by atoms with van der Waals surface area (Å²) in [6.45, 7) is 13.2. The summed E-state index contributed by atoms with van der Waals surface area (Å²) in [6.07, 6.45) is 3.45. The number of hydrogen-bond donors (Lipinski definition) is 2. The zero-order valence-electron chi connectivity index (χ0n) is 12.7. The second-order valence-corrected chi connectivity index (χ2v) is 6.35. The van der Waals surface area contributed by atoms with Crippen LogP contribution in [0.3, 0.4) is 0 Å². The van der Waals surface area contributed by atoms with E-state index in [-0.39, 0.29) is 6.10 Å². The molecule has 1 aliphatic heterocycles. The van der Waals surface area contributed by atoms with Crippen molar-refractivity contribution in [3.63, 3.8) is 0 Å². The van der Waals surface area contributed by atoms with E-state index in [2.05, 4.69) is 31.0 Å². The highest BCUT2D eigenvalue weighted by atomic mass is 16.3. The topological polar surface area (TPSA) is 35.5 Å². The number of hydrogen-bond acceptors (Lipinski definition) is 3. The third-order valence-corrected chi connectivity index (χ3v) is 3.88. The molecule has 0 aromatic rings. The Bertz CT molecular complexity index is 219. The molecule has 0 radical (unpaired) electrons. The minimum absolute atomic E-state index is 0.183. The summed E-state index contributed by atoms with van der Waals surface area (Å²) in [5.74, 6) is 1.13. The van der Waals surface area contributed by atoms with Crippen molar-refractivity contribution in [1.82, 2.24) is 10.2 Å². The van der Waals surface area contributed by atoms with Gasteiger partial charge in [0.25, 0.3) is 0 Å². The number of unbranched alkanes of at least 4 members (excludes halogenated alkanes) is 1. The van der Waals surface area contributed by atoms with E-state index < -0.39 is 0 Å². The fourth-order valence-corrected chi connectivity index (χ4v) is 2.70. The van der Waals surface area contributed by atoms with Gasteiger partial charge in [-0.1, -0.05) is 27.2 Å². The van der Waals surface area contributed by atoms with Gasteiger partial charge in [0.05, 0.1) is 6.10 Å². The highest BCUT2D eigenvalue weighted by Gasteiger charge is 2.29. The van der Waals surface area contributed by atoms with E-state index in [4.69, 9.17) is 0 Å². The minimum atomic E-state index is -0.183. The second kappa shape index (κ2) is 8.13. The van der Waals surface area contributed by atoms with Gasteiger partial charge in [0.15, 0.2) is 0 Å². The molecule has 3 nitrogen and oxygen atoms in total. The molecule has 1 fully saturated rings. The van der Waals surface area contributed by atoms with E-state index in [1.54, 1.807) is 0 Å². The lowest BCUT2D eigenvalue weighted by Gasteiger charge is -2.39. The number of piperidine rings is 1. The molecule has 0 bridgehead atoms. The first kappa shape index (κ1) is 15.9. The molecule has 0 aromatic heterocycles. The van der Waals surface area contributed by atoms with Gasteiger partial charge in [-0.2, -0.15) is 0 Å². The molecule has 1 saturated heterocycles. The molecule has 0 saturated carbocycles. The van der Waals surface area contributed by atoms with Gasteiger partial charge in [-0.05, 0) is 44.7 Å². The summed E-state index contributed by atoms with van der Waals surface area (Å²) in [7, 11) is 0. The van der Waals surface area contributed by atoms with E-state index in [1.165, 1.54) is 19.4 Å². The van der Waals surface area contributed by atoms with Crippen molar-refractivity contribution in [3.05, 3.63) is 0 Å². The zero-order valence-corrected chi connectivity index (χ0v) is 12.7. The van der Waals surface area contributed by atoms with Gasteiger partial charge in [0.1, 0.15) is 0 Å². The molecule has 3 atom stereocenters. The first-order valence-electron chi connectivity index (χ1n) is 7.66. The number of nitrogens with one attached hydrogen (secondary N) is 1. The average Bonchev–Trinajstić information content (AvgIpc) is 2.33. The standard InChI is InChI=1S/C15H32N2O/c1-5-6-7-17-10-14(13(4)18)8-15(11-17)16-9-12(2)3/h12-16,18H,5-11H2,1-4H3. The van der Waals surface area contributed by atoms with Crippen LogP contribution in [0, 0.1) is 11.8 Å². The van der Waals surface area contributed by atoms with Crippen LogP contribution in [-0.2, 0) is 0 Å². The maximum atomic E-state index is 9.86. The van der Waals surface area contributed by atoms with Gasteiger partial charge >= 0.3 is 0 Å². The van der Waals surface area contributed by atoms with E-state index in [1.807, 2.05) is 6.92 Å². The van der Waals surface area contributed by atoms with E-state index in [0.717, 1.165) is 26.1 Å². The van der Waals surface area contributed by atoms with Crippen molar-refractivity contribution in [2.24, 2.45) is 11.8 Å². The smallest absolute Gasteiger partial charge is 0.0553 e. The highest BCUT2D eigenvalue weighted by Crippen LogP contribution is 2.20. The van der Waals surface area contributed by atoms with Crippen LogP contribution in [0.15, 0.2) is 0 Å². The maximum Gasteiger partial charge on any atom is 0.0553 e. The number of aliphatic hydroxyl groups excluding tert-OH is 1. The van der Waals surface area contributed by atoms with Crippen LogP contribution in [0.5, 0.6) is 0 Å². The normalized spacial score (nSPS) is 27.7. The van der Waals surface area contributed by atoms with Crippen LogP contribution in [0.2, 0.25) is 0 Å². The molecule has 0 aromatic carbocycles. The molecule has 2 N–H and O–H groups in total. The number of nitrogens with zero attached hydrogens (tertiary/aromatic N) is 1. The van der Waals surface area contributed by atoms with Crippen LogP contribution in [0.1, 0.15) is 47.0 Å². The first-order valence-corrected chi connectivity index (χ1v) is 7.66. The fraction of sp³-hybridized carbons (Fsp3) is 1.00. The summed E-state index contributed by atoms with van der Waals surface area (Å²) in [5, 5.41) is 13.5. The Morgan fingerprint density at radius 2 is 2.00 bits per heavy atom. The quantitative estimate of drug-likeness (QED) is 0.732. The Morgan fingerprint density at radius 1 is 1.28 bits per heavy atom. The van der Waals surface area contributed by atoms with Gasteiger partial charge < -0.3 is 15.3 Å². The molecule has 3 unspecified atom stereocenters. The van der Waals surface area contributed by atoms with Crippen molar-refractivity contribution in [2.75, 3.05) is 26.2 Å². The molecule has 1 rings (SSSR count). The van der Waals surface area contributed by atoms with E-state index in [9.17, 15) is 5.11 Å². The van der Waals surface area contributed by atoms with Crippen LogP contribution in [0.4, 0.5) is 0 Å². The number of aliphatic hydroxyl groups is 1. The number of rotatable bonds is 7. The monoisotopic (exact) mass is 256 g/mol. The molecule has 0 spiro atoms. The lowest BCUT2D eigenvalue weighted by atomic mass is 9.90. The van der Waals surface area contributed by atoms with Crippen LogP contribution < -0.4 is 5.32 Å². The van der Waals surface area contributed by atoms with Crippen molar-refractivity contribution in [1.29, 1.82) is 0 Å². The summed E-state index contributed by atoms with van der Waals surface area (Å²) < 4.78 is 0. The van der Waals surface area contributed by atoms with E-state index >= 15 is 0 Å². The van der Waals surface area contributed by atoms with Crippen molar-refractivity contribution in [3.8, 4) is 0 Å². The maximum absolute atomic E-state index is 9.86. The Morgan fingerprint density at radius 3 is 2.56 bits per heavy atom. The Hall–Kier alpha value is -0.120. The molecule has 1 aliphatic rings. The summed E-state index contributed by atoms with van der Waals surface area (Å²) in [6, 6.07) is 0.553. The van der Waals surface area contributed by atoms with Gasteiger partial charge in [0, 0.05) is 19.1 Å². The second-order valence-electron chi connectivity index (χ2n) is 6.35. The number of likely N-dealkylation sites (tertiary alicyclic amines) is 1. The Kier molecular flexibility index (Phi) is 7.20. The minimum Gasteiger partial charge on any atom is -0.393 e. The molecule has 0 aliphatic carbocycles. The van der Waals surface area contributed by atoms with Crippen LogP contribution in [0.25, 0.3) is 0 Å². The van der Waals surface area contributed by atoms with Crippen molar-refractivity contribution >= 4 is 0 Å². The highest BCUT2D eigenvalue weighted by molar-refractivity contribution is 4.85. The molecule has 108 valence electrons. The largest absolute Gasteiger partial charge is 0.393 e. The van der Waals surface area contributed by atoms with Gasteiger partial charge in [-0.3, -0.25) is 0 Å². The van der Waals surface area contributed by atoms with Gasteiger partial charge in [0.2, 0.25) is 0 Å². The Balaban J connectivity index is 2.45. The first-order chi connectivity index (χ1) is 8.52. The third kappa shape index (κ3) is 5.68. The van der Waals surface area contributed by atoms with Crippen molar-refractivity contribution < 1.29 is 5.11 Å². The SMILES string of the molecule is CCCCN1CC(NCC(C)C)CC(C(C)O)C1. The van der Waals surface area contributed by atoms with Gasteiger partial charge in [-0.15, -0.1) is 0 Å². The zero-order chi connectivity index (χ0) is 13.5. The predicted molar refractivity (Wildman–Crippen MR) is 77.8 cm³/mol. The molecule has 18 heavy (non-hydrogen) atoms. The van der Waals surface area contributed by atoms with Crippen molar-refractivity contribution in [2.45, 2.75) is 59.1 Å². The molecule has 1 heterocycles. The lowest BCUT2D eigenvalue weighted by Crippen LogP contribution is -2.52. The molecule has 0 amide bonds. The predicted octanol–water partition coefficient (Wildman–Crippen LogP) is 2.10. The van der Waals surface area contributed by atoms with Crippen LogP contribution in [-0.4, -0.2) is 48.3 Å². The Labute approximate surface area is 113 Å². The third-order valence-electron chi connectivity index (χ3n) is 3.88. The van der Waals surface area contributed by atoms with Crippen LogP contribution >= 0.6 is 0 Å². The summed E-state index contributed by atoms with van der Waals surface area (Å²) in [4.78, 5) is 2.53. The van der Waals surface area contributed by atoms with E-state index in [0.29, 0.717) is 17.9 Å². The van der Waals surface area contributed by atoms with Gasteiger partial charge in [-0.25, -0.2) is 0 Å². The average molecular weight is 256 g/mol. The molecule has 3 heteroatoms. The molecular formula is C15H32N2O. The fourth-order valence-electron chi connectivity index (χ4n) is 2.70. The summed E-state index contributed by atoms with van der Waals surface area (Å²) in [5.41, 5.74) is 0. The molecular weight excluding hydrogens is 224 g/mol. The summed E-state index contributed by atoms with van der Waals surface area (Å²) >= 11 is 0. The lowest BCUT2D eigenvalue weighted by molar-refractivity contribution is 0.0471.